The number of para-hydroxylation sites is 1. The number of fused-ring (bicyclic) bond motifs is 1. The summed E-state index contributed by atoms with van der Waals surface area (Å²) >= 11 is 0. The van der Waals surface area contributed by atoms with Gasteiger partial charge in [0.25, 0.3) is 5.56 Å². The highest BCUT2D eigenvalue weighted by Crippen LogP contribution is 2.25. The van der Waals surface area contributed by atoms with Crippen LogP contribution in [-0.4, -0.2) is 28.5 Å². The fourth-order valence-corrected chi connectivity index (χ4v) is 2.10. The normalized spacial score (nSPS) is 13.2. The first-order chi connectivity index (χ1) is 9.60. The van der Waals surface area contributed by atoms with Gasteiger partial charge in [0.1, 0.15) is 11.3 Å². The molecule has 5 nitrogen and oxygen atoms in total. The summed E-state index contributed by atoms with van der Waals surface area (Å²) in [4.78, 5) is 16.6. The van der Waals surface area contributed by atoms with Crippen molar-refractivity contribution in [3.63, 3.8) is 0 Å². The van der Waals surface area contributed by atoms with Gasteiger partial charge in [0.15, 0.2) is 0 Å². The van der Waals surface area contributed by atoms with E-state index in [1.807, 2.05) is 32.0 Å². The van der Waals surface area contributed by atoms with Crippen LogP contribution in [0.4, 0.5) is 0 Å². The molecular formula is C15H19N3O2. The Morgan fingerprint density at radius 2 is 2.15 bits per heavy atom. The van der Waals surface area contributed by atoms with Gasteiger partial charge in [-0.05, 0) is 26.0 Å². The van der Waals surface area contributed by atoms with Crippen molar-refractivity contribution in [1.29, 1.82) is 0 Å². The van der Waals surface area contributed by atoms with E-state index in [9.17, 15) is 9.90 Å². The zero-order valence-corrected chi connectivity index (χ0v) is 11.7. The SMILES string of the molecule is CCn1c(=O)c(C=NC(C)CN)c(O)c2ccccc21. The van der Waals surface area contributed by atoms with Gasteiger partial charge in [-0.2, -0.15) is 0 Å². The van der Waals surface area contributed by atoms with Crippen LogP contribution >= 0.6 is 0 Å². The smallest absolute Gasteiger partial charge is 0.263 e. The Labute approximate surface area is 117 Å². The lowest BCUT2D eigenvalue weighted by Gasteiger charge is -2.11. The summed E-state index contributed by atoms with van der Waals surface area (Å²) < 4.78 is 1.63. The number of hydrogen-bond acceptors (Lipinski definition) is 4. The first-order valence-corrected chi connectivity index (χ1v) is 6.67. The summed E-state index contributed by atoms with van der Waals surface area (Å²) in [6.07, 6.45) is 1.42. The molecule has 5 heteroatoms. The molecule has 0 aliphatic carbocycles. The molecule has 0 aliphatic rings. The van der Waals surface area contributed by atoms with E-state index in [1.54, 1.807) is 10.6 Å². The van der Waals surface area contributed by atoms with E-state index in [4.69, 9.17) is 5.73 Å². The Hall–Kier alpha value is -2.14. The van der Waals surface area contributed by atoms with E-state index in [0.717, 1.165) is 5.52 Å². The minimum Gasteiger partial charge on any atom is -0.506 e. The molecule has 0 saturated heterocycles. The molecular weight excluding hydrogens is 254 g/mol. The zero-order chi connectivity index (χ0) is 14.7. The van der Waals surface area contributed by atoms with E-state index >= 15 is 0 Å². The van der Waals surface area contributed by atoms with Crippen LogP contribution in [0.25, 0.3) is 10.9 Å². The Morgan fingerprint density at radius 3 is 2.80 bits per heavy atom. The van der Waals surface area contributed by atoms with Crippen LogP contribution in [0.5, 0.6) is 5.75 Å². The van der Waals surface area contributed by atoms with Gasteiger partial charge >= 0.3 is 0 Å². The van der Waals surface area contributed by atoms with Crippen molar-refractivity contribution in [1.82, 2.24) is 4.57 Å². The molecule has 0 radical (unpaired) electrons. The van der Waals surface area contributed by atoms with Crippen LogP contribution < -0.4 is 11.3 Å². The highest BCUT2D eigenvalue weighted by molar-refractivity contribution is 5.95. The van der Waals surface area contributed by atoms with Gasteiger partial charge in [-0.1, -0.05) is 12.1 Å². The molecule has 2 rings (SSSR count). The number of pyridine rings is 1. The fraction of sp³-hybridized carbons (Fsp3) is 0.333. The highest BCUT2D eigenvalue weighted by atomic mass is 16.3. The van der Waals surface area contributed by atoms with Gasteiger partial charge in [-0.25, -0.2) is 0 Å². The number of aromatic hydroxyl groups is 1. The van der Waals surface area contributed by atoms with Crippen molar-refractivity contribution in [2.75, 3.05) is 6.54 Å². The van der Waals surface area contributed by atoms with E-state index in [2.05, 4.69) is 4.99 Å². The Kier molecular flexibility index (Phi) is 4.20. The van der Waals surface area contributed by atoms with Crippen LogP contribution in [0, 0.1) is 0 Å². The monoisotopic (exact) mass is 273 g/mol. The van der Waals surface area contributed by atoms with Crippen LogP contribution in [0.15, 0.2) is 34.1 Å². The average Bonchev–Trinajstić information content (AvgIpc) is 2.47. The standard InChI is InChI=1S/C15H19N3O2/c1-3-18-13-7-5-4-6-11(13)14(19)12(15(18)20)9-17-10(2)8-16/h4-7,9-10,19H,3,8,16H2,1-2H3. The van der Waals surface area contributed by atoms with Crippen molar-refractivity contribution in [3.05, 3.63) is 40.2 Å². The summed E-state index contributed by atoms with van der Waals surface area (Å²) in [6.45, 7) is 4.68. The molecule has 3 N–H and O–H groups in total. The predicted molar refractivity (Wildman–Crippen MR) is 81.7 cm³/mol. The minimum atomic E-state index is -0.239. The van der Waals surface area contributed by atoms with Gasteiger partial charge in [-0.15, -0.1) is 0 Å². The second-order valence-electron chi connectivity index (χ2n) is 4.69. The third-order valence-electron chi connectivity index (χ3n) is 3.30. The molecule has 1 aromatic carbocycles. The van der Waals surface area contributed by atoms with E-state index < -0.39 is 0 Å². The van der Waals surface area contributed by atoms with Crippen molar-refractivity contribution in [2.24, 2.45) is 10.7 Å². The van der Waals surface area contributed by atoms with Crippen molar-refractivity contribution in [3.8, 4) is 5.75 Å². The lowest BCUT2D eigenvalue weighted by atomic mass is 10.1. The average molecular weight is 273 g/mol. The summed E-state index contributed by atoms with van der Waals surface area (Å²) in [6, 6.07) is 7.20. The molecule has 20 heavy (non-hydrogen) atoms. The van der Waals surface area contributed by atoms with E-state index in [-0.39, 0.29) is 22.9 Å². The second kappa shape index (κ2) is 5.88. The molecule has 2 aromatic rings. The Bertz CT molecular complexity index is 704. The first-order valence-electron chi connectivity index (χ1n) is 6.67. The molecule has 1 heterocycles. The van der Waals surface area contributed by atoms with Gasteiger partial charge in [-0.3, -0.25) is 9.79 Å². The molecule has 1 unspecified atom stereocenters. The molecule has 0 aliphatic heterocycles. The molecule has 0 saturated carbocycles. The summed E-state index contributed by atoms with van der Waals surface area (Å²) in [7, 11) is 0. The van der Waals surface area contributed by atoms with Crippen LogP contribution in [0.3, 0.4) is 0 Å². The van der Waals surface area contributed by atoms with Gasteiger partial charge in [0.2, 0.25) is 0 Å². The summed E-state index contributed by atoms with van der Waals surface area (Å²) in [5.74, 6) is -0.0247. The van der Waals surface area contributed by atoms with Crippen molar-refractivity contribution in [2.45, 2.75) is 26.4 Å². The lowest BCUT2D eigenvalue weighted by molar-refractivity contribution is 0.478. The molecule has 0 bridgehead atoms. The number of rotatable bonds is 4. The number of benzene rings is 1. The number of aryl methyl sites for hydroxylation is 1. The van der Waals surface area contributed by atoms with Crippen LogP contribution in [0.2, 0.25) is 0 Å². The number of nitrogens with zero attached hydrogens (tertiary/aromatic N) is 2. The maximum Gasteiger partial charge on any atom is 0.263 e. The largest absolute Gasteiger partial charge is 0.506 e. The minimum absolute atomic E-state index is 0.0247. The second-order valence-corrected chi connectivity index (χ2v) is 4.69. The van der Waals surface area contributed by atoms with Gasteiger partial charge in [0.05, 0.1) is 11.6 Å². The third-order valence-corrected chi connectivity index (χ3v) is 3.30. The quantitative estimate of drug-likeness (QED) is 0.828. The molecule has 0 amide bonds. The maximum atomic E-state index is 12.4. The van der Waals surface area contributed by atoms with E-state index in [0.29, 0.717) is 18.5 Å². The fourth-order valence-electron chi connectivity index (χ4n) is 2.10. The summed E-state index contributed by atoms with van der Waals surface area (Å²) in [5.41, 5.74) is 6.20. The Morgan fingerprint density at radius 1 is 1.45 bits per heavy atom. The highest BCUT2D eigenvalue weighted by Gasteiger charge is 2.13. The van der Waals surface area contributed by atoms with Crippen LogP contribution in [-0.2, 0) is 6.54 Å². The topological polar surface area (TPSA) is 80.6 Å². The third kappa shape index (κ3) is 2.44. The van der Waals surface area contributed by atoms with E-state index in [1.165, 1.54) is 6.21 Å². The molecule has 1 atom stereocenters. The number of aromatic nitrogens is 1. The Balaban J connectivity index is 2.72. The van der Waals surface area contributed by atoms with Crippen molar-refractivity contribution >= 4 is 17.1 Å². The first kappa shape index (κ1) is 14.3. The molecule has 0 fully saturated rings. The molecule has 1 aromatic heterocycles. The molecule has 106 valence electrons. The molecule has 0 spiro atoms. The number of nitrogens with two attached hydrogens (primary N) is 1. The predicted octanol–water partition coefficient (Wildman–Crippen LogP) is 1.49. The number of aliphatic imine (C=N–C) groups is 1. The lowest BCUT2D eigenvalue weighted by Crippen LogP contribution is -2.24. The zero-order valence-electron chi connectivity index (χ0n) is 11.7. The number of hydrogen-bond donors (Lipinski definition) is 2. The van der Waals surface area contributed by atoms with Crippen molar-refractivity contribution < 1.29 is 5.11 Å². The van der Waals surface area contributed by atoms with Crippen LogP contribution in [0.1, 0.15) is 19.4 Å². The van der Waals surface area contributed by atoms with Gasteiger partial charge in [0, 0.05) is 24.7 Å². The maximum absolute atomic E-state index is 12.4. The summed E-state index contributed by atoms with van der Waals surface area (Å²) in [5, 5.41) is 10.9. The van der Waals surface area contributed by atoms with Gasteiger partial charge < -0.3 is 15.4 Å².